The number of carboxylic acids is 1. The molecule has 28 heavy (non-hydrogen) atoms. The molecule has 0 aromatic heterocycles. The third kappa shape index (κ3) is 4.82. The van der Waals surface area contributed by atoms with Crippen LogP contribution < -0.4 is 4.72 Å². The van der Waals surface area contributed by atoms with Gasteiger partial charge in [-0.1, -0.05) is 25.1 Å². The van der Waals surface area contributed by atoms with Crippen LogP contribution in [0.2, 0.25) is 0 Å². The van der Waals surface area contributed by atoms with Crippen molar-refractivity contribution < 1.29 is 36.6 Å². The second kappa shape index (κ2) is 7.80. The molecule has 0 radical (unpaired) electrons. The first-order chi connectivity index (χ1) is 12.9. The second-order valence-corrected chi connectivity index (χ2v) is 7.90. The van der Waals surface area contributed by atoms with Crippen LogP contribution in [0.5, 0.6) is 5.75 Å². The lowest BCUT2D eigenvalue weighted by molar-refractivity contribution is -0.144. The molecule has 3 N–H and O–H groups in total. The first-order valence-electron chi connectivity index (χ1n) is 8.12. The van der Waals surface area contributed by atoms with Crippen LogP contribution in [-0.2, 0) is 27.4 Å². The van der Waals surface area contributed by atoms with Gasteiger partial charge in [-0.3, -0.25) is 4.79 Å². The highest BCUT2D eigenvalue weighted by Crippen LogP contribution is 2.31. The molecule has 0 saturated heterocycles. The molecule has 152 valence electrons. The van der Waals surface area contributed by atoms with Gasteiger partial charge in [-0.15, -0.1) is 0 Å². The number of hydrogen-bond acceptors (Lipinski definition) is 4. The van der Waals surface area contributed by atoms with Crippen molar-refractivity contribution in [2.24, 2.45) is 0 Å². The molecular formula is C18H18F3NO5S. The molecule has 2 aromatic carbocycles. The first-order valence-corrected chi connectivity index (χ1v) is 9.60. The summed E-state index contributed by atoms with van der Waals surface area (Å²) in [6.45, 7) is 1.45. The third-order valence-corrected chi connectivity index (χ3v) is 5.79. The van der Waals surface area contributed by atoms with Crippen LogP contribution in [-0.4, -0.2) is 30.1 Å². The maximum absolute atomic E-state index is 12.9. The molecule has 0 aliphatic rings. The van der Waals surface area contributed by atoms with E-state index in [0.717, 1.165) is 18.2 Å². The molecule has 10 heteroatoms. The molecule has 1 atom stereocenters. The highest BCUT2D eigenvalue weighted by Gasteiger charge is 2.41. The molecule has 0 aliphatic heterocycles. The Labute approximate surface area is 159 Å². The molecule has 0 aliphatic carbocycles. The topological polar surface area (TPSA) is 104 Å². The van der Waals surface area contributed by atoms with E-state index in [1.165, 1.54) is 31.2 Å². The minimum absolute atomic E-state index is 0.0503. The SMILES string of the molecule is CCC(Cc1ccc(O)cc1)(NS(=O)(=O)c1cccc(C(F)(F)F)c1)C(=O)O. The zero-order valence-corrected chi connectivity index (χ0v) is 15.5. The van der Waals surface area contributed by atoms with Gasteiger partial charge in [0.05, 0.1) is 10.5 Å². The molecule has 0 saturated carbocycles. The maximum Gasteiger partial charge on any atom is 0.416 e. The standard InChI is InChI=1S/C18H18F3NO5S/c1-2-17(16(24)25,11-12-6-8-14(23)9-7-12)22-28(26,27)15-5-3-4-13(10-15)18(19,20)21/h3-10,22-23H,2,11H2,1H3,(H,24,25). The predicted molar refractivity (Wildman–Crippen MR) is 94.2 cm³/mol. The van der Waals surface area contributed by atoms with E-state index in [1.807, 2.05) is 0 Å². The Balaban J connectivity index is 2.43. The fourth-order valence-electron chi connectivity index (χ4n) is 2.62. The first kappa shape index (κ1) is 21.7. The van der Waals surface area contributed by atoms with Crippen LogP contribution in [0, 0.1) is 0 Å². The number of sulfonamides is 1. The average Bonchev–Trinajstić information content (AvgIpc) is 2.62. The van der Waals surface area contributed by atoms with E-state index >= 15 is 0 Å². The highest BCUT2D eigenvalue weighted by molar-refractivity contribution is 7.89. The van der Waals surface area contributed by atoms with Crippen molar-refractivity contribution in [3.63, 3.8) is 0 Å². The van der Waals surface area contributed by atoms with Crippen molar-refractivity contribution in [1.29, 1.82) is 0 Å². The lowest BCUT2D eigenvalue weighted by atomic mass is 9.89. The van der Waals surface area contributed by atoms with Crippen LogP contribution in [0.4, 0.5) is 13.2 Å². The monoisotopic (exact) mass is 417 g/mol. The number of alkyl halides is 3. The van der Waals surface area contributed by atoms with Crippen molar-refractivity contribution >= 4 is 16.0 Å². The van der Waals surface area contributed by atoms with Crippen molar-refractivity contribution in [1.82, 2.24) is 4.72 Å². The number of hydrogen-bond donors (Lipinski definition) is 3. The van der Waals surface area contributed by atoms with Crippen LogP contribution >= 0.6 is 0 Å². The van der Waals surface area contributed by atoms with Gasteiger partial charge in [-0.05, 0) is 42.3 Å². The number of rotatable bonds is 7. The smallest absolute Gasteiger partial charge is 0.416 e. The normalized spacial score (nSPS) is 14.4. The molecule has 0 bridgehead atoms. The Hall–Kier alpha value is -2.59. The largest absolute Gasteiger partial charge is 0.508 e. The number of phenolic OH excluding ortho intramolecular Hbond substituents is 1. The number of aromatic hydroxyl groups is 1. The predicted octanol–water partition coefficient (Wildman–Crippen LogP) is 3.17. The number of benzene rings is 2. The quantitative estimate of drug-likeness (QED) is 0.642. The van der Waals surface area contributed by atoms with Crippen molar-refractivity contribution in [3.8, 4) is 5.75 Å². The zero-order valence-electron chi connectivity index (χ0n) is 14.7. The molecule has 6 nitrogen and oxygen atoms in total. The van der Waals surface area contributed by atoms with Gasteiger partial charge in [0.15, 0.2) is 0 Å². The van der Waals surface area contributed by atoms with Gasteiger partial charge in [-0.2, -0.15) is 17.9 Å². The fraction of sp³-hybridized carbons (Fsp3) is 0.278. The number of nitrogens with one attached hydrogen (secondary N) is 1. The third-order valence-electron chi connectivity index (χ3n) is 4.26. The number of carbonyl (C=O) groups is 1. The van der Waals surface area contributed by atoms with E-state index in [2.05, 4.69) is 4.72 Å². The Kier molecular flexibility index (Phi) is 6.05. The summed E-state index contributed by atoms with van der Waals surface area (Å²) >= 11 is 0. The van der Waals surface area contributed by atoms with Crippen molar-refractivity contribution in [2.45, 2.75) is 36.4 Å². The summed E-state index contributed by atoms with van der Waals surface area (Å²) in [6.07, 6.45) is -5.18. The summed E-state index contributed by atoms with van der Waals surface area (Å²) in [5.41, 5.74) is -2.72. The number of phenols is 1. The zero-order chi connectivity index (χ0) is 21.2. The molecule has 1 unspecified atom stereocenters. The Morgan fingerprint density at radius 3 is 2.21 bits per heavy atom. The molecule has 0 fully saturated rings. The molecule has 0 heterocycles. The fourth-order valence-corrected chi connectivity index (χ4v) is 4.10. The maximum atomic E-state index is 12.9. The van der Waals surface area contributed by atoms with Gasteiger partial charge in [0, 0.05) is 6.42 Å². The van der Waals surface area contributed by atoms with Gasteiger partial charge < -0.3 is 10.2 Å². The minimum atomic E-state index is -4.74. The van der Waals surface area contributed by atoms with Crippen molar-refractivity contribution in [3.05, 3.63) is 59.7 Å². The lowest BCUT2D eigenvalue weighted by Crippen LogP contribution is -2.55. The van der Waals surface area contributed by atoms with Gasteiger partial charge in [0.1, 0.15) is 11.3 Å². The molecule has 0 spiro atoms. The average molecular weight is 417 g/mol. The van der Waals surface area contributed by atoms with E-state index in [0.29, 0.717) is 11.6 Å². The van der Waals surface area contributed by atoms with Crippen LogP contribution in [0.1, 0.15) is 24.5 Å². The van der Waals surface area contributed by atoms with Crippen LogP contribution in [0.15, 0.2) is 53.4 Å². The van der Waals surface area contributed by atoms with E-state index in [4.69, 9.17) is 0 Å². The van der Waals surface area contributed by atoms with E-state index in [9.17, 15) is 36.6 Å². The van der Waals surface area contributed by atoms with E-state index in [-0.39, 0.29) is 18.6 Å². The Bertz CT molecular complexity index is 958. The second-order valence-electron chi connectivity index (χ2n) is 6.22. The minimum Gasteiger partial charge on any atom is -0.508 e. The molecule has 2 rings (SSSR count). The summed E-state index contributed by atoms with van der Waals surface area (Å²) in [6, 6.07) is 8.57. The number of aliphatic carboxylic acids is 1. The Morgan fingerprint density at radius 1 is 1.11 bits per heavy atom. The summed E-state index contributed by atoms with van der Waals surface area (Å²) in [7, 11) is -4.57. The van der Waals surface area contributed by atoms with Gasteiger partial charge >= 0.3 is 12.1 Å². The van der Waals surface area contributed by atoms with Gasteiger partial charge in [-0.25, -0.2) is 8.42 Å². The summed E-state index contributed by atoms with van der Waals surface area (Å²) in [4.78, 5) is 11.2. The molecule has 0 amide bonds. The number of halogens is 3. The highest BCUT2D eigenvalue weighted by atomic mass is 32.2. The van der Waals surface area contributed by atoms with Crippen LogP contribution in [0.25, 0.3) is 0 Å². The van der Waals surface area contributed by atoms with E-state index < -0.39 is 38.2 Å². The summed E-state index contributed by atoms with van der Waals surface area (Å²) < 4.78 is 66.0. The lowest BCUT2D eigenvalue weighted by Gasteiger charge is -2.29. The summed E-state index contributed by atoms with van der Waals surface area (Å²) in [5.74, 6) is -1.52. The van der Waals surface area contributed by atoms with Gasteiger partial charge in [0.2, 0.25) is 10.0 Å². The Morgan fingerprint density at radius 2 is 1.71 bits per heavy atom. The molecular weight excluding hydrogens is 399 g/mol. The molecule has 2 aromatic rings. The van der Waals surface area contributed by atoms with Gasteiger partial charge in [0.25, 0.3) is 0 Å². The summed E-state index contributed by atoms with van der Waals surface area (Å²) in [5, 5.41) is 19.0. The van der Waals surface area contributed by atoms with Crippen LogP contribution in [0.3, 0.4) is 0 Å². The number of carboxylic acid groups (broad SMARTS) is 1. The van der Waals surface area contributed by atoms with E-state index in [1.54, 1.807) is 0 Å². The van der Waals surface area contributed by atoms with Crippen molar-refractivity contribution in [2.75, 3.05) is 0 Å².